The quantitative estimate of drug-likeness (QED) is 0.843. The summed E-state index contributed by atoms with van der Waals surface area (Å²) in [5, 5.41) is 0. The number of methoxy groups -OCH3 is 2. The van der Waals surface area contributed by atoms with Crippen molar-refractivity contribution in [2.45, 2.75) is 31.3 Å². The van der Waals surface area contributed by atoms with E-state index in [1.54, 1.807) is 14.2 Å². The minimum atomic E-state index is 0.356. The van der Waals surface area contributed by atoms with Gasteiger partial charge in [0.2, 0.25) is 0 Å². The second kappa shape index (κ2) is 5.27. The molecule has 0 radical (unpaired) electrons. The Hall–Kier alpha value is -2.00. The molecule has 0 fully saturated rings. The van der Waals surface area contributed by atoms with Gasteiger partial charge in [0, 0.05) is 18.0 Å². The first-order chi connectivity index (χ1) is 11.1. The van der Waals surface area contributed by atoms with E-state index in [1.165, 1.54) is 22.3 Å². The summed E-state index contributed by atoms with van der Waals surface area (Å²) in [5.41, 5.74) is 5.68. The van der Waals surface area contributed by atoms with E-state index in [0.29, 0.717) is 18.0 Å². The number of likely N-dealkylation sites (N-methyl/N-ethyl adjacent to an activating group) is 1. The summed E-state index contributed by atoms with van der Waals surface area (Å²) in [4.78, 5) is 2.52. The fourth-order valence-corrected chi connectivity index (χ4v) is 4.32. The smallest absolute Gasteiger partial charge is 0.119 e. The van der Waals surface area contributed by atoms with Crippen LogP contribution in [0.1, 0.15) is 41.1 Å². The van der Waals surface area contributed by atoms with Gasteiger partial charge in [0.15, 0.2) is 0 Å². The van der Waals surface area contributed by atoms with Crippen LogP contribution >= 0.6 is 0 Å². The number of ether oxygens (including phenoxy) is 2. The molecule has 2 bridgehead atoms. The van der Waals surface area contributed by atoms with Crippen molar-refractivity contribution in [2.24, 2.45) is 0 Å². The van der Waals surface area contributed by atoms with E-state index in [2.05, 4.69) is 55.3 Å². The molecule has 2 aromatic rings. The molecular weight excluding hydrogens is 286 g/mol. The van der Waals surface area contributed by atoms with Crippen molar-refractivity contribution < 1.29 is 9.47 Å². The van der Waals surface area contributed by atoms with Gasteiger partial charge in [-0.05, 0) is 66.9 Å². The number of fused-ring (bicyclic) bond motifs is 1. The van der Waals surface area contributed by atoms with Gasteiger partial charge in [-0.2, -0.15) is 0 Å². The summed E-state index contributed by atoms with van der Waals surface area (Å²) in [6, 6.07) is 14.0. The highest BCUT2D eigenvalue weighted by molar-refractivity contribution is 5.53. The zero-order chi connectivity index (χ0) is 16.1. The molecule has 0 saturated carbocycles. The molecule has 120 valence electrons. The van der Waals surface area contributed by atoms with Gasteiger partial charge in [-0.25, -0.2) is 0 Å². The van der Waals surface area contributed by atoms with Gasteiger partial charge in [0.05, 0.1) is 14.2 Å². The zero-order valence-corrected chi connectivity index (χ0v) is 14.2. The minimum absolute atomic E-state index is 0.356. The molecule has 3 atom stereocenters. The SMILES string of the molecule is COc1ccc2c(c1)[C@H]1c3cc(OC)ccc3[C@H](C2)N(C)[C@@H]1C. The fraction of sp³-hybridized carbons (Fsp3) is 0.400. The van der Waals surface area contributed by atoms with E-state index in [0.717, 1.165) is 17.9 Å². The molecule has 0 amide bonds. The van der Waals surface area contributed by atoms with E-state index in [-0.39, 0.29) is 0 Å². The molecule has 0 aromatic heterocycles. The molecule has 0 unspecified atom stereocenters. The highest BCUT2D eigenvalue weighted by Gasteiger charge is 2.41. The summed E-state index contributed by atoms with van der Waals surface area (Å²) < 4.78 is 11.0. The third-order valence-electron chi connectivity index (χ3n) is 5.71. The van der Waals surface area contributed by atoms with E-state index < -0.39 is 0 Å². The molecular formula is C20H23NO2. The van der Waals surface area contributed by atoms with E-state index >= 15 is 0 Å². The average Bonchev–Trinajstić information content (AvgIpc) is 2.79. The molecule has 3 nitrogen and oxygen atoms in total. The lowest BCUT2D eigenvalue weighted by Gasteiger charge is -2.42. The Balaban J connectivity index is 1.97. The Morgan fingerprint density at radius 2 is 1.57 bits per heavy atom. The molecule has 2 aliphatic heterocycles. The van der Waals surface area contributed by atoms with Crippen LogP contribution in [-0.2, 0) is 6.42 Å². The third kappa shape index (κ3) is 2.07. The lowest BCUT2D eigenvalue weighted by Crippen LogP contribution is -2.41. The van der Waals surface area contributed by atoms with Crippen molar-refractivity contribution >= 4 is 0 Å². The first-order valence-corrected chi connectivity index (χ1v) is 8.20. The van der Waals surface area contributed by atoms with Crippen LogP contribution in [0.25, 0.3) is 0 Å². The number of hydrogen-bond acceptors (Lipinski definition) is 3. The molecule has 2 aromatic carbocycles. The van der Waals surface area contributed by atoms with Crippen molar-refractivity contribution in [3.63, 3.8) is 0 Å². The van der Waals surface area contributed by atoms with E-state index in [1.807, 2.05) is 0 Å². The largest absolute Gasteiger partial charge is 0.497 e. The Morgan fingerprint density at radius 3 is 2.26 bits per heavy atom. The first kappa shape index (κ1) is 14.6. The Morgan fingerprint density at radius 1 is 0.913 bits per heavy atom. The van der Waals surface area contributed by atoms with Crippen LogP contribution in [0, 0.1) is 0 Å². The van der Waals surface area contributed by atoms with Gasteiger partial charge in [-0.15, -0.1) is 0 Å². The van der Waals surface area contributed by atoms with Crippen molar-refractivity contribution in [3.8, 4) is 11.5 Å². The van der Waals surface area contributed by atoms with Crippen molar-refractivity contribution in [1.82, 2.24) is 4.90 Å². The normalized spacial score (nSPS) is 25.5. The Labute approximate surface area is 137 Å². The summed E-state index contributed by atoms with van der Waals surface area (Å²) in [5.74, 6) is 2.23. The molecule has 23 heavy (non-hydrogen) atoms. The molecule has 1 aliphatic carbocycles. The molecule has 2 heterocycles. The summed E-state index contributed by atoms with van der Waals surface area (Å²) >= 11 is 0. The van der Waals surface area contributed by atoms with Crippen LogP contribution in [0.15, 0.2) is 36.4 Å². The van der Waals surface area contributed by atoms with Crippen LogP contribution in [0.4, 0.5) is 0 Å². The second-order valence-electron chi connectivity index (χ2n) is 6.66. The summed E-state index contributed by atoms with van der Waals surface area (Å²) in [6.07, 6.45) is 1.05. The van der Waals surface area contributed by atoms with E-state index in [4.69, 9.17) is 9.47 Å². The Bertz CT molecular complexity index is 755. The molecule has 5 rings (SSSR count). The average molecular weight is 309 g/mol. The maximum absolute atomic E-state index is 5.49. The predicted molar refractivity (Wildman–Crippen MR) is 91.5 cm³/mol. The van der Waals surface area contributed by atoms with Crippen LogP contribution in [-0.4, -0.2) is 32.2 Å². The van der Waals surface area contributed by atoms with Gasteiger partial charge in [0.25, 0.3) is 0 Å². The summed E-state index contributed by atoms with van der Waals surface area (Å²) in [7, 11) is 5.73. The minimum Gasteiger partial charge on any atom is -0.497 e. The number of benzene rings is 2. The molecule has 3 aliphatic rings. The molecule has 0 spiro atoms. The van der Waals surface area contributed by atoms with E-state index in [9.17, 15) is 0 Å². The molecule has 0 N–H and O–H groups in total. The van der Waals surface area contributed by atoms with Gasteiger partial charge < -0.3 is 9.47 Å². The summed E-state index contributed by atoms with van der Waals surface area (Å²) in [6.45, 7) is 2.33. The zero-order valence-electron chi connectivity index (χ0n) is 14.2. The Kier molecular flexibility index (Phi) is 3.34. The number of nitrogens with zero attached hydrogens (tertiary/aromatic N) is 1. The highest BCUT2D eigenvalue weighted by atomic mass is 16.5. The lowest BCUT2D eigenvalue weighted by atomic mass is 9.79. The monoisotopic (exact) mass is 309 g/mol. The topological polar surface area (TPSA) is 21.7 Å². The van der Waals surface area contributed by atoms with Crippen LogP contribution in [0.2, 0.25) is 0 Å². The lowest BCUT2D eigenvalue weighted by molar-refractivity contribution is 0.160. The van der Waals surface area contributed by atoms with Gasteiger partial charge in [-0.1, -0.05) is 12.1 Å². The maximum Gasteiger partial charge on any atom is 0.119 e. The second-order valence-corrected chi connectivity index (χ2v) is 6.66. The molecule has 0 saturated heterocycles. The maximum atomic E-state index is 5.49. The highest BCUT2D eigenvalue weighted by Crippen LogP contribution is 2.49. The van der Waals surface area contributed by atoms with Crippen molar-refractivity contribution in [3.05, 3.63) is 58.7 Å². The van der Waals surface area contributed by atoms with Crippen LogP contribution in [0.3, 0.4) is 0 Å². The number of hydrogen-bond donors (Lipinski definition) is 0. The van der Waals surface area contributed by atoms with Gasteiger partial charge in [-0.3, -0.25) is 4.90 Å². The molecule has 3 heteroatoms. The predicted octanol–water partition coefficient (Wildman–Crippen LogP) is 3.77. The standard InChI is InChI=1S/C20H23NO2/c1-12-20-17-10-14(22-3)6-5-13(17)9-19(21(12)2)16-8-7-15(23-4)11-18(16)20/h5-8,10-12,19-20H,9H2,1-4H3/t12-,19+,20+/m1/s1. The third-order valence-corrected chi connectivity index (χ3v) is 5.71. The first-order valence-electron chi connectivity index (χ1n) is 8.20. The number of rotatable bonds is 2. The van der Waals surface area contributed by atoms with Crippen molar-refractivity contribution in [1.29, 1.82) is 0 Å². The van der Waals surface area contributed by atoms with Gasteiger partial charge >= 0.3 is 0 Å². The van der Waals surface area contributed by atoms with Gasteiger partial charge in [0.1, 0.15) is 11.5 Å². The van der Waals surface area contributed by atoms with Crippen LogP contribution in [0.5, 0.6) is 11.5 Å². The van der Waals surface area contributed by atoms with Crippen molar-refractivity contribution in [2.75, 3.05) is 21.3 Å². The van der Waals surface area contributed by atoms with Crippen LogP contribution < -0.4 is 9.47 Å². The fourth-order valence-electron chi connectivity index (χ4n) is 4.32.